The van der Waals surface area contributed by atoms with E-state index >= 15 is 0 Å². The molecule has 0 saturated carbocycles. The van der Waals surface area contributed by atoms with Crippen LogP contribution < -0.4 is 5.32 Å². The van der Waals surface area contributed by atoms with Crippen molar-refractivity contribution in [2.75, 3.05) is 20.1 Å². The van der Waals surface area contributed by atoms with Crippen LogP contribution in [0.3, 0.4) is 0 Å². The van der Waals surface area contributed by atoms with E-state index in [4.69, 9.17) is 0 Å². The largest absolute Gasteiger partial charge is 0.386 e. The predicted molar refractivity (Wildman–Crippen MR) is 71.6 cm³/mol. The lowest BCUT2D eigenvalue weighted by Crippen LogP contribution is -2.44. The Bertz CT molecular complexity index is 326. The molecule has 0 fully saturated rings. The van der Waals surface area contributed by atoms with Crippen LogP contribution in [0.4, 0.5) is 0 Å². The Kier molecular flexibility index (Phi) is 4.23. The first kappa shape index (κ1) is 14.1. The lowest BCUT2D eigenvalue weighted by molar-refractivity contribution is -0.122. The molecule has 0 aromatic rings. The minimum absolute atomic E-state index is 0.0546. The summed E-state index contributed by atoms with van der Waals surface area (Å²) in [6, 6.07) is 0. The van der Waals surface area contributed by atoms with E-state index in [9.17, 15) is 4.79 Å². The van der Waals surface area contributed by atoms with Gasteiger partial charge in [0.15, 0.2) is 5.78 Å². The van der Waals surface area contributed by atoms with Crippen molar-refractivity contribution in [1.82, 2.24) is 10.2 Å². The highest BCUT2D eigenvalue weighted by molar-refractivity contribution is 6.05. The van der Waals surface area contributed by atoms with Crippen molar-refractivity contribution in [2.45, 2.75) is 41.0 Å². The average molecular weight is 238 g/mol. The Morgan fingerprint density at radius 3 is 2.41 bits per heavy atom. The topological polar surface area (TPSA) is 32.3 Å². The van der Waals surface area contributed by atoms with E-state index in [1.54, 1.807) is 0 Å². The van der Waals surface area contributed by atoms with E-state index in [0.29, 0.717) is 5.41 Å². The molecular formula is C14H26N2O. The van der Waals surface area contributed by atoms with Gasteiger partial charge < -0.3 is 10.2 Å². The molecule has 3 nitrogen and oxygen atoms in total. The van der Waals surface area contributed by atoms with Crippen LogP contribution in [-0.4, -0.2) is 30.8 Å². The SMILES string of the molecule is CCN(C)C1=C(NCCC(C)(C)C)C(C)C1=O. The molecule has 1 aliphatic rings. The molecule has 98 valence electrons. The highest BCUT2D eigenvalue weighted by atomic mass is 16.1. The second-order valence-corrected chi connectivity index (χ2v) is 6.10. The van der Waals surface area contributed by atoms with Crippen molar-refractivity contribution in [3.05, 3.63) is 11.4 Å². The van der Waals surface area contributed by atoms with E-state index in [0.717, 1.165) is 30.9 Å². The van der Waals surface area contributed by atoms with Crippen molar-refractivity contribution in [1.29, 1.82) is 0 Å². The van der Waals surface area contributed by atoms with Crippen LogP contribution in [-0.2, 0) is 4.79 Å². The number of hydrogen-bond donors (Lipinski definition) is 1. The number of rotatable bonds is 5. The molecule has 1 N–H and O–H groups in total. The standard InChI is InChI=1S/C14H26N2O/c1-7-16(6)12-11(10(2)13(12)17)15-9-8-14(3,4)5/h10,15H,7-9H2,1-6H3. The lowest BCUT2D eigenvalue weighted by Gasteiger charge is -2.36. The number of Topliss-reactive ketones (excluding diaryl/α,β-unsaturated/α-hetero) is 1. The van der Waals surface area contributed by atoms with E-state index in [2.05, 4.69) is 33.0 Å². The molecule has 0 amide bonds. The monoisotopic (exact) mass is 238 g/mol. The lowest BCUT2D eigenvalue weighted by atomic mass is 9.85. The molecular weight excluding hydrogens is 212 g/mol. The zero-order chi connectivity index (χ0) is 13.2. The Balaban J connectivity index is 2.61. The van der Waals surface area contributed by atoms with E-state index in [1.807, 2.05) is 18.9 Å². The smallest absolute Gasteiger partial charge is 0.189 e. The molecule has 0 bridgehead atoms. The van der Waals surface area contributed by atoms with Gasteiger partial charge in [0.1, 0.15) is 5.70 Å². The Morgan fingerprint density at radius 2 is 1.94 bits per heavy atom. The molecule has 0 heterocycles. The van der Waals surface area contributed by atoms with Crippen molar-refractivity contribution < 1.29 is 4.79 Å². The molecule has 0 spiro atoms. The molecule has 17 heavy (non-hydrogen) atoms. The van der Waals surface area contributed by atoms with Crippen molar-refractivity contribution >= 4 is 5.78 Å². The van der Waals surface area contributed by atoms with Gasteiger partial charge in [-0.1, -0.05) is 20.8 Å². The van der Waals surface area contributed by atoms with Crippen molar-refractivity contribution in [3.8, 4) is 0 Å². The first-order valence-corrected chi connectivity index (χ1v) is 6.51. The quantitative estimate of drug-likeness (QED) is 0.798. The number of carbonyl (C=O) groups excluding carboxylic acids is 1. The van der Waals surface area contributed by atoms with Gasteiger partial charge in [0, 0.05) is 25.8 Å². The summed E-state index contributed by atoms with van der Waals surface area (Å²) in [7, 11) is 1.98. The van der Waals surface area contributed by atoms with E-state index in [1.165, 1.54) is 0 Å². The minimum Gasteiger partial charge on any atom is -0.386 e. The van der Waals surface area contributed by atoms with Crippen LogP contribution in [0.1, 0.15) is 41.0 Å². The van der Waals surface area contributed by atoms with Crippen LogP contribution in [0, 0.1) is 11.3 Å². The predicted octanol–water partition coefficient (Wildman–Crippen LogP) is 2.39. The molecule has 0 saturated heterocycles. The average Bonchev–Trinajstić information content (AvgIpc) is 2.25. The highest BCUT2D eigenvalue weighted by Crippen LogP contribution is 2.30. The molecule has 1 rings (SSSR count). The van der Waals surface area contributed by atoms with Gasteiger partial charge in [0.2, 0.25) is 0 Å². The molecule has 0 radical (unpaired) electrons. The molecule has 3 heteroatoms. The highest BCUT2D eigenvalue weighted by Gasteiger charge is 2.37. The van der Waals surface area contributed by atoms with Gasteiger partial charge in [-0.3, -0.25) is 4.79 Å². The Hall–Kier alpha value is -0.990. The number of carbonyl (C=O) groups is 1. The van der Waals surface area contributed by atoms with Gasteiger partial charge in [-0.15, -0.1) is 0 Å². The summed E-state index contributed by atoms with van der Waals surface area (Å²) in [5.41, 5.74) is 2.35. The third-order valence-corrected chi connectivity index (χ3v) is 3.36. The number of allylic oxidation sites excluding steroid dienone is 2. The molecule has 1 aliphatic carbocycles. The molecule has 0 aliphatic heterocycles. The van der Waals surface area contributed by atoms with Gasteiger partial charge in [-0.05, 0) is 25.7 Å². The fraction of sp³-hybridized carbons (Fsp3) is 0.786. The van der Waals surface area contributed by atoms with Gasteiger partial charge in [0.25, 0.3) is 0 Å². The second kappa shape index (κ2) is 5.11. The van der Waals surface area contributed by atoms with Crippen LogP contribution >= 0.6 is 0 Å². The van der Waals surface area contributed by atoms with Crippen LogP contribution in [0.15, 0.2) is 11.4 Å². The Labute approximate surface area is 105 Å². The fourth-order valence-corrected chi connectivity index (χ4v) is 1.96. The maximum atomic E-state index is 11.8. The van der Waals surface area contributed by atoms with Gasteiger partial charge in [-0.25, -0.2) is 0 Å². The minimum atomic E-state index is 0.0546. The van der Waals surface area contributed by atoms with Crippen LogP contribution in [0.2, 0.25) is 0 Å². The van der Waals surface area contributed by atoms with Crippen LogP contribution in [0.5, 0.6) is 0 Å². The third kappa shape index (κ3) is 3.24. The first-order chi connectivity index (χ1) is 7.78. The number of nitrogens with zero attached hydrogens (tertiary/aromatic N) is 1. The summed E-state index contributed by atoms with van der Waals surface area (Å²) in [5.74, 6) is 0.326. The Morgan fingerprint density at radius 1 is 1.35 bits per heavy atom. The summed E-state index contributed by atoms with van der Waals surface area (Å²) in [5, 5.41) is 3.44. The van der Waals surface area contributed by atoms with E-state index < -0.39 is 0 Å². The summed E-state index contributed by atoms with van der Waals surface area (Å²) in [6.45, 7) is 12.6. The summed E-state index contributed by atoms with van der Waals surface area (Å²) < 4.78 is 0. The summed E-state index contributed by atoms with van der Waals surface area (Å²) in [6.07, 6.45) is 1.11. The van der Waals surface area contributed by atoms with Crippen molar-refractivity contribution in [3.63, 3.8) is 0 Å². The molecule has 1 atom stereocenters. The fourth-order valence-electron chi connectivity index (χ4n) is 1.96. The van der Waals surface area contributed by atoms with Gasteiger partial charge in [-0.2, -0.15) is 0 Å². The molecule has 0 aromatic heterocycles. The van der Waals surface area contributed by atoms with E-state index in [-0.39, 0.29) is 11.7 Å². The number of likely N-dealkylation sites (N-methyl/N-ethyl adjacent to an activating group) is 1. The number of nitrogens with one attached hydrogen (secondary N) is 1. The zero-order valence-corrected chi connectivity index (χ0v) is 12.1. The molecule has 1 unspecified atom stereocenters. The van der Waals surface area contributed by atoms with Gasteiger partial charge in [0.05, 0.1) is 5.92 Å². The normalized spacial score (nSPS) is 20.4. The second-order valence-electron chi connectivity index (χ2n) is 6.10. The van der Waals surface area contributed by atoms with Crippen LogP contribution in [0.25, 0.3) is 0 Å². The van der Waals surface area contributed by atoms with Gasteiger partial charge >= 0.3 is 0 Å². The summed E-state index contributed by atoms with van der Waals surface area (Å²) in [4.78, 5) is 13.8. The van der Waals surface area contributed by atoms with Crippen molar-refractivity contribution in [2.24, 2.45) is 11.3 Å². The zero-order valence-electron chi connectivity index (χ0n) is 12.1. The third-order valence-electron chi connectivity index (χ3n) is 3.36. The maximum Gasteiger partial charge on any atom is 0.189 e. The number of hydrogen-bond acceptors (Lipinski definition) is 3. The first-order valence-electron chi connectivity index (χ1n) is 6.51. The molecule has 0 aromatic carbocycles. The summed E-state index contributed by atoms with van der Waals surface area (Å²) >= 11 is 0. The maximum absolute atomic E-state index is 11.8. The number of ketones is 1.